The van der Waals surface area contributed by atoms with Crippen LogP contribution in [0, 0.1) is 19.8 Å². The molecule has 1 N–H and O–H groups in total. The highest BCUT2D eigenvalue weighted by atomic mass is 16.5. The van der Waals surface area contributed by atoms with Gasteiger partial charge in [0, 0.05) is 24.7 Å². The molecular weight excluding hydrogens is 390 g/mol. The Morgan fingerprint density at radius 1 is 1.06 bits per heavy atom. The summed E-state index contributed by atoms with van der Waals surface area (Å²) in [7, 11) is 0. The molecule has 4 rings (SSSR count). The Balaban J connectivity index is 1.39. The van der Waals surface area contributed by atoms with E-state index >= 15 is 0 Å². The molecule has 31 heavy (non-hydrogen) atoms. The quantitative estimate of drug-likeness (QED) is 0.778. The molecule has 2 aliphatic rings. The van der Waals surface area contributed by atoms with Crippen LogP contribution in [0.2, 0.25) is 0 Å². The second-order valence-electron chi connectivity index (χ2n) is 8.51. The molecule has 6 nitrogen and oxygen atoms in total. The minimum atomic E-state index is -0.0793. The van der Waals surface area contributed by atoms with E-state index in [0.29, 0.717) is 32.5 Å². The van der Waals surface area contributed by atoms with E-state index in [1.165, 1.54) is 0 Å². The second kappa shape index (κ2) is 9.00. The number of carbonyl (C=O) groups is 2. The zero-order chi connectivity index (χ0) is 22.0. The van der Waals surface area contributed by atoms with E-state index in [9.17, 15) is 9.59 Å². The molecule has 6 heteroatoms. The van der Waals surface area contributed by atoms with Gasteiger partial charge in [-0.1, -0.05) is 31.2 Å². The van der Waals surface area contributed by atoms with Crippen LogP contribution in [0.15, 0.2) is 42.5 Å². The Hall–Kier alpha value is -3.02. The van der Waals surface area contributed by atoms with E-state index < -0.39 is 0 Å². The third kappa shape index (κ3) is 4.38. The third-order valence-electron chi connectivity index (χ3n) is 6.52. The summed E-state index contributed by atoms with van der Waals surface area (Å²) < 4.78 is 6.01. The molecule has 2 aromatic carbocycles. The average Bonchev–Trinajstić information content (AvgIpc) is 2.80. The predicted molar refractivity (Wildman–Crippen MR) is 123 cm³/mol. The topological polar surface area (TPSA) is 61.9 Å². The van der Waals surface area contributed by atoms with Gasteiger partial charge in [-0.15, -0.1) is 0 Å². The van der Waals surface area contributed by atoms with E-state index in [4.69, 9.17) is 4.74 Å². The van der Waals surface area contributed by atoms with Crippen LogP contribution in [-0.4, -0.2) is 42.6 Å². The largest absolute Gasteiger partial charge is 0.486 e. The van der Waals surface area contributed by atoms with Crippen LogP contribution >= 0.6 is 0 Å². The SMILES string of the molecule is CCC1CN(C(=O)N2CCC(C(=O)Nc3cccc(C)c3C)CC2)c2ccccc2O1. The summed E-state index contributed by atoms with van der Waals surface area (Å²) in [5.74, 6) is 0.727. The molecule has 2 heterocycles. The molecule has 1 saturated heterocycles. The van der Waals surface area contributed by atoms with E-state index in [2.05, 4.69) is 12.2 Å². The van der Waals surface area contributed by atoms with E-state index in [1.54, 1.807) is 0 Å². The first-order valence-corrected chi connectivity index (χ1v) is 11.2. The second-order valence-corrected chi connectivity index (χ2v) is 8.51. The van der Waals surface area contributed by atoms with Gasteiger partial charge in [-0.05, 0) is 62.4 Å². The highest BCUT2D eigenvalue weighted by Crippen LogP contribution is 2.35. The molecule has 0 radical (unpaired) electrons. The van der Waals surface area contributed by atoms with Gasteiger partial charge in [0.1, 0.15) is 11.9 Å². The molecule has 3 amide bonds. The van der Waals surface area contributed by atoms with E-state index in [1.807, 2.05) is 66.1 Å². The molecule has 0 spiro atoms. The van der Waals surface area contributed by atoms with Gasteiger partial charge in [0.15, 0.2) is 0 Å². The molecule has 0 aliphatic carbocycles. The van der Waals surface area contributed by atoms with Crippen LogP contribution < -0.4 is 15.0 Å². The number of carbonyl (C=O) groups excluding carboxylic acids is 2. The third-order valence-corrected chi connectivity index (χ3v) is 6.52. The molecular formula is C25H31N3O3. The summed E-state index contributed by atoms with van der Waals surface area (Å²) in [6.45, 7) is 7.86. The number of nitrogens with one attached hydrogen (secondary N) is 1. The number of benzene rings is 2. The van der Waals surface area contributed by atoms with Gasteiger partial charge in [-0.25, -0.2) is 4.79 Å². The molecule has 1 atom stereocenters. The zero-order valence-electron chi connectivity index (χ0n) is 18.6. The lowest BCUT2D eigenvalue weighted by Gasteiger charge is -2.39. The van der Waals surface area contributed by atoms with Crippen molar-refractivity contribution in [3.05, 3.63) is 53.6 Å². The van der Waals surface area contributed by atoms with Crippen molar-refractivity contribution >= 4 is 23.3 Å². The molecule has 164 valence electrons. The first-order valence-electron chi connectivity index (χ1n) is 11.2. The molecule has 0 bridgehead atoms. The van der Waals surface area contributed by atoms with Crippen molar-refractivity contribution < 1.29 is 14.3 Å². The maximum absolute atomic E-state index is 13.3. The van der Waals surface area contributed by atoms with Crippen LogP contribution in [0.5, 0.6) is 5.75 Å². The monoisotopic (exact) mass is 421 g/mol. The number of hydrogen-bond acceptors (Lipinski definition) is 3. The summed E-state index contributed by atoms with van der Waals surface area (Å²) in [4.78, 5) is 29.8. The van der Waals surface area contributed by atoms with Gasteiger partial charge in [-0.3, -0.25) is 9.69 Å². The number of nitrogens with zero attached hydrogens (tertiary/aromatic N) is 2. The zero-order valence-corrected chi connectivity index (χ0v) is 18.6. The number of amides is 3. The molecule has 0 saturated carbocycles. The highest BCUT2D eigenvalue weighted by Gasteiger charge is 2.34. The summed E-state index contributed by atoms with van der Waals surface area (Å²) >= 11 is 0. The minimum Gasteiger partial charge on any atom is -0.486 e. The van der Waals surface area contributed by atoms with Gasteiger partial charge < -0.3 is 15.0 Å². The highest BCUT2D eigenvalue weighted by molar-refractivity contribution is 5.95. The Morgan fingerprint density at radius 2 is 1.81 bits per heavy atom. The first-order chi connectivity index (χ1) is 15.0. The summed E-state index contributed by atoms with van der Waals surface area (Å²) in [6.07, 6.45) is 2.19. The number of likely N-dealkylation sites (tertiary alicyclic amines) is 1. The first kappa shape index (κ1) is 21.2. The fourth-order valence-corrected chi connectivity index (χ4v) is 4.32. The van der Waals surface area contributed by atoms with Crippen LogP contribution in [0.4, 0.5) is 16.2 Å². The van der Waals surface area contributed by atoms with Crippen molar-refractivity contribution in [1.82, 2.24) is 4.90 Å². The predicted octanol–water partition coefficient (Wildman–Crippen LogP) is 4.75. The van der Waals surface area contributed by atoms with Gasteiger partial charge in [0.2, 0.25) is 5.91 Å². The van der Waals surface area contributed by atoms with Crippen molar-refractivity contribution in [1.29, 1.82) is 0 Å². The fourth-order valence-electron chi connectivity index (χ4n) is 4.32. The number of hydrogen-bond donors (Lipinski definition) is 1. The lowest BCUT2D eigenvalue weighted by atomic mass is 9.95. The van der Waals surface area contributed by atoms with Crippen molar-refractivity contribution in [2.24, 2.45) is 5.92 Å². The maximum Gasteiger partial charge on any atom is 0.324 e. The van der Waals surface area contributed by atoms with Crippen molar-refractivity contribution in [3.8, 4) is 5.75 Å². The van der Waals surface area contributed by atoms with Gasteiger partial charge in [-0.2, -0.15) is 0 Å². The fraction of sp³-hybridized carbons (Fsp3) is 0.440. The number of fused-ring (bicyclic) bond motifs is 1. The lowest BCUT2D eigenvalue weighted by molar-refractivity contribution is -0.121. The van der Waals surface area contributed by atoms with E-state index in [-0.39, 0.29) is 24.0 Å². The van der Waals surface area contributed by atoms with Crippen molar-refractivity contribution in [3.63, 3.8) is 0 Å². The number of aryl methyl sites for hydroxylation is 1. The number of anilines is 2. The molecule has 0 aromatic heterocycles. The number of para-hydroxylation sites is 2. The Bertz CT molecular complexity index is 966. The summed E-state index contributed by atoms with van der Waals surface area (Å²) in [5.41, 5.74) is 3.96. The van der Waals surface area contributed by atoms with Crippen molar-refractivity contribution in [2.75, 3.05) is 29.9 Å². The van der Waals surface area contributed by atoms with Gasteiger partial charge in [0.05, 0.1) is 12.2 Å². The number of urea groups is 1. The number of piperidine rings is 1. The molecule has 2 aliphatic heterocycles. The smallest absolute Gasteiger partial charge is 0.324 e. The standard InChI is InChI=1S/C25H31N3O3/c1-4-20-16-28(22-10-5-6-11-23(22)31-20)25(30)27-14-12-19(13-15-27)24(29)26-21-9-7-8-17(2)18(21)3/h5-11,19-20H,4,12-16H2,1-3H3,(H,26,29). The van der Waals surface area contributed by atoms with Gasteiger partial charge in [0.25, 0.3) is 0 Å². The maximum atomic E-state index is 13.3. The number of rotatable bonds is 3. The Morgan fingerprint density at radius 3 is 2.55 bits per heavy atom. The Labute approximate surface area is 184 Å². The summed E-state index contributed by atoms with van der Waals surface area (Å²) in [5, 5.41) is 3.09. The normalized spacial score (nSPS) is 18.9. The average molecular weight is 422 g/mol. The van der Waals surface area contributed by atoms with Crippen LogP contribution in [-0.2, 0) is 4.79 Å². The Kier molecular flexibility index (Phi) is 6.16. The minimum absolute atomic E-state index is 0.000245. The molecule has 1 fully saturated rings. The van der Waals surface area contributed by atoms with E-state index in [0.717, 1.165) is 34.7 Å². The lowest BCUT2D eigenvalue weighted by Crippen LogP contribution is -2.52. The number of ether oxygens (including phenoxy) is 1. The summed E-state index contributed by atoms with van der Waals surface area (Å²) in [6, 6.07) is 13.7. The van der Waals surface area contributed by atoms with Crippen LogP contribution in [0.3, 0.4) is 0 Å². The van der Waals surface area contributed by atoms with Gasteiger partial charge >= 0.3 is 6.03 Å². The van der Waals surface area contributed by atoms with Crippen LogP contribution in [0.1, 0.15) is 37.3 Å². The molecule has 1 unspecified atom stereocenters. The van der Waals surface area contributed by atoms with Crippen LogP contribution in [0.25, 0.3) is 0 Å². The molecule has 2 aromatic rings. The van der Waals surface area contributed by atoms with Crippen molar-refractivity contribution in [2.45, 2.75) is 46.1 Å².